The maximum absolute atomic E-state index is 12.5. The van der Waals surface area contributed by atoms with Gasteiger partial charge in [0.25, 0.3) is 0 Å². The summed E-state index contributed by atoms with van der Waals surface area (Å²) in [5.41, 5.74) is 1.03. The molecule has 6 nitrogen and oxygen atoms in total. The average molecular weight is 465 g/mol. The van der Waals surface area contributed by atoms with Crippen LogP contribution < -0.4 is 5.32 Å². The van der Waals surface area contributed by atoms with E-state index in [-0.39, 0.29) is 24.2 Å². The molecule has 1 amide bonds. The smallest absolute Gasteiger partial charge is 0.222 e. The van der Waals surface area contributed by atoms with Crippen molar-refractivity contribution in [3.63, 3.8) is 0 Å². The summed E-state index contributed by atoms with van der Waals surface area (Å²) >= 11 is 5.92. The fourth-order valence-corrected chi connectivity index (χ4v) is 5.56. The maximum atomic E-state index is 12.5. The minimum absolute atomic E-state index is 0.00430. The van der Waals surface area contributed by atoms with Gasteiger partial charge in [-0.2, -0.15) is 0 Å². The van der Waals surface area contributed by atoms with E-state index < -0.39 is 6.10 Å². The zero-order valence-corrected chi connectivity index (χ0v) is 19.6. The summed E-state index contributed by atoms with van der Waals surface area (Å²) < 4.78 is 12.1. The van der Waals surface area contributed by atoms with E-state index >= 15 is 0 Å². The second-order valence-electron chi connectivity index (χ2n) is 9.70. The number of halogens is 1. The van der Waals surface area contributed by atoms with Gasteiger partial charge in [-0.1, -0.05) is 43.0 Å². The van der Waals surface area contributed by atoms with Gasteiger partial charge in [0.15, 0.2) is 0 Å². The number of β-amino-alcohol motifs (C(OH)–C–C–N with tert-alkyl or cyclic N) is 1. The van der Waals surface area contributed by atoms with E-state index in [0.29, 0.717) is 43.7 Å². The van der Waals surface area contributed by atoms with Crippen molar-refractivity contribution in [1.82, 2.24) is 10.2 Å². The summed E-state index contributed by atoms with van der Waals surface area (Å²) in [5.74, 6) is 0.720. The number of nitrogens with zero attached hydrogens (tertiary/aromatic N) is 1. The minimum Gasteiger partial charge on any atom is -0.389 e. The first kappa shape index (κ1) is 24.0. The van der Waals surface area contributed by atoms with Crippen LogP contribution in [-0.2, 0) is 20.8 Å². The number of aliphatic hydroxyl groups is 1. The van der Waals surface area contributed by atoms with E-state index in [9.17, 15) is 9.90 Å². The summed E-state index contributed by atoms with van der Waals surface area (Å²) in [6.07, 6.45) is 8.18. The molecule has 0 aromatic heterocycles. The Morgan fingerprint density at radius 2 is 1.88 bits per heavy atom. The van der Waals surface area contributed by atoms with Crippen LogP contribution >= 0.6 is 11.6 Å². The molecule has 2 N–H and O–H groups in total. The molecule has 0 unspecified atom stereocenters. The normalized spacial score (nSPS) is 30.2. The molecule has 3 fully saturated rings. The van der Waals surface area contributed by atoms with Crippen molar-refractivity contribution < 1.29 is 19.4 Å². The van der Waals surface area contributed by atoms with Gasteiger partial charge in [-0.15, -0.1) is 0 Å². The van der Waals surface area contributed by atoms with Gasteiger partial charge in [-0.25, -0.2) is 0 Å². The fraction of sp³-hybridized carbons (Fsp3) is 0.720. The molecule has 2 heterocycles. The number of benzene rings is 1. The van der Waals surface area contributed by atoms with Crippen LogP contribution in [-0.4, -0.2) is 66.6 Å². The number of ether oxygens (including phenoxy) is 2. The second kappa shape index (κ2) is 11.8. The van der Waals surface area contributed by atoms with E-state index in [1.165, 1.54) is 32.1 Å². The molecule has 0 spiro atoms. The Morgan fingerprint density at radius 3 is 2.66 bits per heavy atom. The highest BCUT2D eigenvalue weighted by Crippen LogP contribution is 2.31. The third-order valence-corrected chi connectivity index (χ3v) is 7.37. The predicted molar refractivity (Wildman–Crippen MR) is 125 cm³/mol. The van der Waals surface area contributed by atoms with Crippen molar-refractivity contribution in [2.75, 3.05) is 26.3 Å². The zero-order chi connectivity index (χ0) is 22.3. The Kier molecular flexibility index (Phi) is 8.83. The monoisotopic (exact) mass is 464 g/mol. The fourth-order valence-electron chi connectivity index (χ4n) is 5.44. The van der Waals surface area contributed by atoms with Crippen LogP contribution in [0.25, 0.3) is 0 Å². The number of hydrogen-bond donors (Lipinski definition) is 2. The summed E-state index contributed by atoms with van der Waals surface area (Å²) in [7, 11) is 0. The van der Waals surface area contributed by atoms with E-state index in [1.54, 1.807) is 0 Å². The van der Waals surface area contributed by atoms with Crippen LogP contribution in [0.3, 0.4) is 0 Å². The number of carbonyl (C=O) groups excluding carboxylic acids is 1. The Labute approximate surface area is 196 Å². The lowest BCUT2D eigenvalue weighted by molar-refractivity contribution is -0.158. The molecule has 7 heteroatoms. The molecule has 0 radical (unpaired) electrons. The van der Waals surface area contributed by atoms with Gasteiger partial charge in [0.05, 0.1) is 37.9 Å². The van der Waals surface area contributed by atoms with Crippen molar-refractivity contribution >= 4 is 17.5 Å². The second-order valence-corrected chi connectivity index (χ2v) is 10.1. The van der Waals surface area contributed by atoms with Crippen molar-refractivity contribution in [2.45, 2.75) is 82.3 Å². The Hall–Kier alpha value is -1.18. The van der Waals surface area contributed by atoms with Gasteiger partial charge in [0, 0.05) is 30.7 Å². The highest BCUT2D eigenvalue weighted by atomic mass is 35.5. The van der Waals surface area contributed by atoms with Gasteiger partial charge in [0.2, 0.25) is 5.91 Å². The van der Waals surface area contributed by atoms with Gasteiger partial charge >= 0.3 is 0 Å². The molecule has 1 aliphatic carbocycles. The zero-order valence-electron chi connectivity index (χ0n) is 18.9. The highest BCUT2D eigenvalue weighted by molar-refractivity contribution is 6.30. The maximum Gasteiger partial charge on any atom is 0.222 e. The summed E-state index contributed by atoms with van der Waals surface area (Å²) in [5, 5.41) is 14.1. The van der Waals surface area contributed by atoms with Gasteiger partial charge in [0.1, 0.15) is 0 Å². The topological polar surface area (TPSA) is 71.0 Å². The van der Waals surface area contributed by atoms with E-state index in [4.69, 9.17) is 21.1 Å². The number of carbonyl (C=O) groups is 1. The van der Waals surface area contributed by atoms with Gasteiger partial charge < -0.3 is 19.9 Å². The summed E-state index contributed by atoms with van der Waals surface area (Å²) in [6.45, 7) is 3.00. The molecule has 3 aliphatic rings. The standard InChI is InChI=1S/C25H37ClN2O4/c26-20-8-6-18(7-9-20)13-27-25(30)12-22-10-11-23-24(32-22)17-31-16-21(29)15-28(23)14-19-4-2-1-3-5-19/h6-9,19,21-24,29H,1-5,10-17H2,(H,27,30)/t21-,22+,23-,24+/m1/s1. The third-order valence-electron chi connectivity index (χ3n) is 7.12. The molecular weight excluding hydrogens is 428 g/mol. The first-order chi connectivity index (χ1) is 15.6. The minimum atomic E-state index is -0.448. The molecule has 4 atom stereocenters. The largest absolute Gasteiger partial charge is 0.389 e. The van der Waals surface area contributed by atoms with E-state index in [2.05, 4.69) is 10.2 Å². The number of hydrogen-bond acceptors (Lipinski definition) is 5. The number of amides is 1. The van der Waals surface area contributed by atoms with E-state index in [0.717, 1.165) is 24.9 Å². The summed E-state index contributed by atoms with van der Waals surface area (Å²) in [4.78, 5) is 15.0. The highest BCUT2D eigenvalue weighted by Gasteiger charge is 2.38. The molecule has 2 aliphatic heterocycles. The van der Waals surface area contributed by atoms with E-state index in [1.807, 2.05) is 24.3 Å². The Balaban J connectivity index is 1.29. The Morgan fingerprint density at radius 1 is 1.09 bits per heavy atom. The molecule has 1 aromatic carbocycles. The van der Waals surface area contributed by atoms with Crippen LogP contribution in [0.15, 0.2) is 24.3 Å². The van der Waals surface area contributed by atoms with Crippen molar-refractivity contribution in [3.05, 3.63) is 34.9 Å². The molecular formula is C25H37ClN2O4. The molecule has 32 heavy (non-hydrogen) atoms. The van der Waals surface area contributed by atoms with Crippen LogP contribution in [0.1, 0.15) is 56.9 Å². The molecule has 178 valence electrons. The average Bonchev–Trinajstić information content (AvgIpc) is 2.78. The first-order valence-electron chi connectivity index (χ1n) is 12.2. The lowest BCUT2D eigenvalue weighted by atomic mass is 9.87. The SMILES string of the molecule is O=C(C[C@@H]1CC[C@@H]2[C@H](COC[C@H](O)CN2CC2CCCCC2)O1)NCc1ccc(Cl)cc1. The molecule has 1 aromatic rings. The number of nitrogens with one attached hydrogen (secondary N) is 1. The van der Waals surface area contributed by atoms with Crippen LogP contribution in [0.4, 0.5) is 0 Å². The van der Waals surface area contributed by atoms with Crippen molar-refractivity contribution in [2.24, 2.45) is 5.92 Å². The van der Waals surface area contributed by atoms with Crippen molar-refractivity contribution in [3.8, 4) is 0 Å². The van der Waals surface area contributed by atoms with Crippen LogP contribution in [0.2, 0.25) is 5.02 Å². The molecule has 0 bridgehead atoms. The molecule has 2 saturated heterocycles. The lowest BCUT2D eigenvalue weighted by Crippen LogP contribution is -2.56. The van der Waals surface area contributed by atoms with Crippen LogP contribution in [0.5, 0.6) is 0 Å². The number of rotatable bonds is 6. The molecule has 1 saturated carbocycles. The van der Waals surface area contributed by atoms with Gasteiger partial charge in [-0.3, -0.25) is 9.69 Å². The van der Waals surface area contributed by atoms with Crippen LogP contribution in [0, 0.1) is 5.92 Å². The summed E-state index contributed by atoms with van der Waals surface area (Å²) in [6, 6.07) is 7.76. The Bertz CT molecular complexity index is 725. The lowest BCUT2D eigenvalue weighted by Gasteiger charge is -2.45. The molecule has 4 rings (SSSR count). The third kappa shape index (κ3) is 6.91. The number of fused-ring (bicyclic) bond motifs is 1. The quantitative estimate of drug-likeness (QED) is 0.673. The van der Waals surface area contributed by atoms with Gasteiger partial charge in [-0.05, 0) is 49.3 Å². The number of aliphatic hydroxyl groups excluding tert-OH is 1. The van der Waals surface area contributed by atoms with Crippen molar-refractivity contribution in [1.29, 1.82) is 0 Å². The first-order valence-corrected chi connectivity index (χ1v) is 12.6. The predicted octanol–water partition coefficient (Wildman–Crippen LogP) is 3.54.